The minimum atomic E-state index is -2.88. The van der Waals surface area contributed by atoms with E-state index >= 15 is 0 Å². The molecular formula is C12H14F2O3. The van der Waals surface area contributed by atoms with Gasteiger partial charge in [-0.1, -0.05) is 19.3 Å². The summed E-state index contributed by atoms with van der Waals surface area (Å²) in [5.41, 5.74) is -0.402. The standard InChI is InChI=1S/C12H14F2O3/c13-11(14)10-8(12(15)16)6-9(17-10)7-4-2-1-3-5-7/h6-7,11H,1-5H2,(H,15,16). The van der Waals surface area contributed by atoms with Crippen LogP contribution in [0.5, 0.6) is 0 Å². The molecular weight excluding hydrogens is 230 g/mol. The van der Waals surface area contributed by atoms with Gasteiger partial charge in [-0.2, -0.15) is 0 Å². The quantitative estimate of drug-likeness (QED) is 0.875. The second kappa shape index (κ2) is 4.85. The zero-order valence-electron chi connectivity index (χ0n) is 9.29. The summed E-state index contributed by atoms with van der Waals surface area (Å²) in [5.74, 6) is -1.57. The van der Waals surface area contributed by atoms with E-state index in [4.69, 9.17) is 9.52 Å². The summed E-state index contributed by atoms with van der Waals surface area (Å²) in [6, 6.07) is 1.26. The van der Waals surface area contributed by atoms with E-state index in [0.29, 0.717) is 5.76 Å². The Balaban J connectivity index is 2.29. The van der Waals surface area contributed by atoms with Gasteiger partial charge >= 0.3 is 5.97 Å². The SMILES string of the molecule is O=C(O)c1cc(C2CCCCC2)oc1C(F)F. The van der Waals surface area contributed by atoms with Crippen molar-refractivity contribution in [2.24, 2.45) is 0 Å². The normalized spacial score (nSPS) is 17.6. The van der Waals surface area contributed by atoms with Crippen LogP contribution in [0.4, 0.5) is 8.78 Å². The molecule has 3 nitrogen and oxygen atoms in total. The number of hydrogen-bond acceptors (Lipinski definition) is 2. The summed E-state index contributed by atoms with van der Waals surface area (Å²) in [6.07, 6.45) is 2.11. The van der Waals surface area contributed by atoms with Crippen molar-refractivity contribution in [3.63, 3.8) is 0 Å². The fraction of sp³-hybridized carbons (Fsp3) is 0.583. The zero-order chi connectivity index (χ0) is 12.4. The lowest BCUT2D eigenvalue weighted by molar-refractivity contribution is 0.0672. The lowest BCUT2D eigenvalue weighted by Gasteiger charge is -2.19. The largest absolute Gasteiger partial charge is 0.478 e. The van der Waals surface area contributed by atoms with Crippen LogP contribution in [-0.2, 0) is 0 Å². The Bertz CT molecular complexity index is 406. The van der Waals surface area contributed by atoms with Crippen molar-refractivity contribution in [1.29, 1.82) is 0 Å². The first-order valence-electron chi connectivity index (χ1n) is 5.74. The number of rotatable bonds is 3. The van der Waals surface area contributed by atoms with Gasteiger partial charge in [0.1, 0.15) is 11.3 Å². The fourth-order valence-electron chi connectivity index (χ4n) is 2.34. The maximum atomic E-state index is 12.6. The van der Waals surface area contributed by atoms with E-state index in [1.54, 1.807) is 0 Å². The molecule has 0 saturated heterocycles. The van der Waals surface area contributed by atoms with E-state index in [2.05, 4.69) is 0 Å². The summed E-state index contributed by atoms with van der Waals surface area (Å²) in [7, 11) is 0. The molecule has 94 valence electrons. The average molecular weight is 244 g/mol. The molecule has 0 amide bonds. The molecule has 1 fully saturated rings. The molecule has 2 rings (SSSR count). The Kier molecular flexibility index (Phi) is 3.45. The van der Waals surface area contributed by atoms with E-state index in [0.717, 1.165) is 32.1 Å². The molecule has 1 aromatic heterocycles. The van der Waals surface area contributed by atoms with Crippen molar-refractivity contribution in [1.82, 2.24) is 0 Å². The number of carboxylic acids is 1. The molecule has 0 atom stereocenters. The lowest BCUT2D eigenvalue weighted by Crippen LogP contribution is -2.03. The molecule has 1 aromatic rings. The predicted molar refractivity (Wildman–Crippen MR) is 56.5 cm³/mol. The Labute approximate surface area is 97.4 Å². The Morgan fingerprint density at radius 1 is 1.35 bits per heavy atom. The van der Waals surface area contributed by atoms with Crippen LogP contribution in [0, 0.1) is 0 Å². The molecule has 0 aromatic carbocycles. The first-order valence-corrected chi connectivity index (χ1v) is 5.74. The van der Waals surface area contributed by atoms with Crippen molar-refractivity contribution in [2.75, 3.05) is 0 Å². The third-order valence-corrected chi connectivity index (χ3v) is 3.22. The highest BCUT2D eigenvalue weighted by atomic mass is 19.3. The van der Waals surface area contributed by atoms with Crippen molar-refractivity contribution in [3.05, 3.63) is 23.2 Å². The molecule has 0 aliphatic heterocycles. The van der Waals surface area contributed by atoms with Crippen molar-refractivity contribution in [3.8, 4) is 0 Å². The molecule has 5 heteroatoms. The number of carbonyl (C=O) groups is 1. The molecule has 0 bridgehead atoms. The van der Waals surface area contributed by atoms with Crippen LogP contribution in [0.1, 0.15) is 66.3 Å². The van der Waals surface area contributed by atoms with Crippen LogP contribution in [-0.4, -0.2) is 11.1 Å². The second-order valence-corrected chi connectivity index (χ2v) is 4.37. The molecule has 1 heterocycles. The second-order valence-electron chi connectivity index (χ2n) is 4.37. The minimum absolute atomic E-state index is 0.0920. The van der Waals surface area contributed by atoms with Gasteiger partial charge in [-0.05, 0) is 18.9 Å². The van der Waals surface area contributed by atoms with E-state index in [1.165, 1.54) is 6.07 Å². The number of aromatic carboxylic acids is 1. The average Bonchev–Trinajstić information content (AvgIpc) is 2.75. The van der Waals surface area contributed by atoms with Gasteiger partial charge in [0.15, 0.2) is 5.76 Å². The smallest absolute Gasteiger partial charge is 0.339 e. The van der Waals surface area contributed by atoms with Gasteiger partial charge in [0.25, 0.3) is 6.43 Å². The van der Waals surface area contributed by atoms with E-state index in [1.807, 2.05) is 0 Å². The van der Waals surface area contributed by atoms with Crippen molar-refractivity contribution >= 4 is 5.97 Å². The van der Waals surface area contributed by atoms with Gasteiger partial charge in [0.2, 0.25) is 0 Å². The first-order chi connectivity index (χ1) is 8.09. The van der Waals surface area contributed by atoms with Gasteiger partial charge < -0.3 is 9.52 Å². The Hall–Kier alpha value is -1.39. The number of halogens is 2. The van der Waals surface area contributed by atoms with E-state index < -0.39 is 23.7 Å². The summed E-state index contributed by atoms with van der Waals surface area (Å²) >= 11 is 0. The van der Waals surface area contributed by atoms with Crippen LogP contribution in [0.15, 0.2) is 10.5 Å². The van der Waals surface area contributed by atoms with E-state index in [-0.39, 0.29) is 5.92 Å². The molecule has 0 unspecified atom stereocenters. The maximum absolute atomic E-state index is 12.6. The Morgan fingerprint density at radius 2 is 2.00 bits per heavy atom. The number of hydrogen-bond donors (Lipinski definition) is 1. The van der Waals surface area contributed by atoms with Gasteiger partial charge in [-0.25, -0.2) is 13.6 Å². The predicted octanol–water partition coefficient (Wildman–Crippen LogP) is 3.96. The van der Waals surface area contributed by atoms with Crippen LogP contribution in [0.25, 0.3) is 0 Å². The topological polar surface area (TPSA) is 50.4 Å². The molecule has 0 radical (unpaired) electrons. The van der Waals surface area contributed by atoms with E-state index in [9.17, 15) is 13.6 Å². The number of furan rings is 1. The molecule has 17 heavy (non-hydrogen) atoms. The van der Waals surface area contributed by atoms with Gasteiger partial charge in [0, 0.05) is 5.92 Å². The number of carboxylic acid groups (broad SMARTS) is 1. The third-order valence-electron chi connectivity index (χ3n) is 3.22. The third kappa shape index (κ3) is 2.48. The van der Waals surface area contributed by atoms with Crippen molar-refractivity contribution < 1.29 is 23.1 Å². The van der Waals surface area contributed by atoms with Crippen LogP contribution >= 0.6 is 0 Å². The maximum Gasteiger partial charge on any atom is 0.339 e. The van der Waals surface area contributed by atoms with Gasteiger partial charge in [-0.15, -0.1) is 0 Å². The Morgan fingerprint density at radius 3 is 2.47 bits per heavy atom. The minimum Gasteiger partial charge on any atom is -0.478 e. The fourth-order valence-corrected chi connectivity index (χ4v) is 2.34. The van der Waals surface area contributed by atoms with Crippen LogP contribution < -0.4 is 0 Å². The molecule has 0 spiro atoms. The van der Waals surface area contributed by atoms with Crippen LogP contribution in [0.2, 0.25) is 0 Å². The monoisotopic (exact) mass is 244 g/mol. The highest BCUT2D eigenvalue weighted by Gasteiger charge is 2.27. The van der Waals surface area contributed by atoms with Crippen LogP contribution in [0.3, 0.4) is 0 Å². The highest BCUT2D eigenvalue weighted by molar-refractivity contribution is 5.89. The first kappa shape index (κ1) is 12.1. The lowest BCUT2D eigenvalue weighted by atomic mass is 9.87. The van der Waals surface area contributed by atoms with Gasteiger partial charge in [0.05, 0.1) is 0 Å². The summed E-state index contributed by atoms with van der Waals surface area (Å²) in [6.45, 7) is 0. The molecule has 1 N–H and O–H groups in total. The highest BCUT2D eigenvalue weighted by Crippen LogP contribution is 2.37. The summed E-state index contributed by atoms with van der Waals surface area (Å²) in [5, 5.41) is 8.83. The number of alkyl halides is 2. The summed E-state index contributed by atoms with van der Waals surface area (Å²) < 4.78 is 30.3. The van der Waals surface area contributed by atoms with Gasteiger partial charge in [-0.3, -0.25) is 0 Å². The molecule has 1 aliphatic carbocycles. The molecule has 1 saturated carbocycles. The summed E-state index contributed by atoms with van der Waals surface area (Å²) in [4.78, 5) is 10.8. The molecule has 1 aliphatic rings. The zero-order valence-corrected chi connectivity index (χ0v) is 9.29. The van der Waals surface area contributed by atoms with Crippen molar-refractivity contribution in [2.45, 2.75) is 44.4 Å².